The summed E-state index contributed by atoms with van der Waals surface area (Å²) >= 11 is 2.29. The SMILES string of the molecule is Cc1cc(C(Cc2ccc(I)cc2)NC(=O)OC(C)(C)C)nc2ccccc12. The van der Waals surface area contributed by atoms with E-state index < -0.39 is 11.7 Å². The largest absolute Gasteiger partial charge is 0.444 e. The number of aromatic nitrogens is 1. The first-order valence-corrected chi connectivity index (χ1v) is 10.4. The molecule has 1 atom stereocenters. The van der Waals surface area contributed by atoms with E-state index in [-0.39, 0.29) is 6.04 Å². The Kier molecular flexibility index (Phi) is 6.23. The summed E-state index contributed by atoms with van der Waals surface area (Å²) in [6, 6.07) is 18.1. The van der Waals surface area contributed by atoms with E-state index in [1.54, 1.807) is 0 Å². The summed E-state index contributed by atoms with van der Waals surface area (Å²) in [5.74, 6) is 0. The lowest BCUT2D eigenvalue weighted by molar-refractivity contribution is 0.0502. The van der Waals surface area contributed by atoms with Crippen molar-refractivity contribution < 1.29 is 9.53 Å². The molecule has 1 unspecified atom stereocenters. The number of rotatable bonds is 4. The molecular formula is C23H25IN2O2. The van der Waals surface area contributed by atoms with Gasteiger partial charge in [0, 0.05) is 8.96 Å². The number of para-hydroxylation sites is 1. The number of pyridine rings is 1. The van der Waals surface area contributed by atoms with Crippen molar-refractivity contribution in [3.05, 3.63) is 75.0 Å². The molecule has 0 radical (unpaired) electrons. The van der Waals surface area contributed by atoms with Crippen LogP contribution < -0.4 is 5.32 Å². The standard InChI is InChI=1S/C23H25IN2O2/c1-15-13-20(25-19-8-6-5-7-18(15)19)21(26-22(27)28-23(2,3)4)14-16-9-11-17(24)12-10-16/h5-13,21H,14H2,1-4H3,(H,26,27). The summed E-state index contributed by atoms with van der Waals surface area (Å²) in [6.45, 7) is 7.65. The lowest BCUT2D eigenvalue weighted by Crippen LogP contribution is -2.36. The Bertz CT molecular complexity index is 978. The molecule has 0 bridgehead atoms. The van der Waals surface area contributed by atoms with Gasteiger partial charge in [-0.05, 0) is 92.1 Å². The van der Waals surface area contributed by atoms with E-state index in [2.05, 4.69) is 71.2 Å². The highest BCUT2D eigenvalue weighted by Crippen LogP contribution is 2.24. The van der Waals surface area contributed by atoms with Crippen LogP contribution in [-0.2, 0) is 11.2 Å². The quantitative estimate of drug-likeness (QED) is 0.462. The van der Waals surface area contributed by atoms with Gasteiger partial charge < -0.3 is 10.1 Å². The van der Waals surface area contributed by atoms with E-state index in [1.165, 1.54) is 3.57 Å². The number of nitrogens with zero attached hydrogens (tertiary/aromatic N) is 1. The molecule has 0 aliphatic heterocycles. The van der Waals surface area contributed by atoms with Crippen molar-refractivity contribution >= 4 is 39.6 Å². The van der Waals surface area contributed by atoms with Crippen LogP contribution in [-0.4, -0.2) is 16.7 Å². The fourth-order valence-electron chi connectivity index (χ4n) is 3.09. The molecule has 2 aromatic carbocycles. The normalized spacial score (nSPS) is 12.6. The van der Waals surface area contributed by atoms with Crippen LogP contribution in [0.1, 0.15) is 43.6 Å². The molecule has 0 aliphatic rings. The molecule has 0 aliphatic carbocycles. The second-order valence-electron chi connectivity index (χ2n) is 7.91. The van der Waals surface area contributed by atoms with E-state index >= 15 is 0 Å². The van der Waals surface area contributed by atoms with Crippen molar-refractivity contribution in [1.82, 2.24) is 10.3 Å². The fraction of sp³-hybridized carbons (Fsp3) is 0.304. The first kappa shape index (κ1) is 20.6. The summed E-state index contributed by atoms with van der Waals surface area (Å²) in [6.07, 6.45) is 0.205. The molecule has 146 valence electrons. The van der Waals surface area contributed by atoms with Gasteiger partial charge in [0.1, 0.15) is 5.60 Å². The van der Waals surface area contributed by atoms with Gasteiger partial charge in [-0.1, -0.05) is 30.3 Å². The van der Waals surface area contributed by atoms with Crippen LogP contribution in [0.15, 0.2) is 54.6 Å². The van der Waals surface area contributed by atoms with Gasteiger partial charge in [0.05, 0.1) is 17.3 Å². The summed E-state index contributed by atoms with van der Waals surface area (Å²) in [5, 5.41) is 4.14. The lowest BCUT2D eigenvalue weighted by atomic mass is 10.00. The summed E-state index contributed by atoms with van der Waals surface area (Å²) in [4.78, 5) is 17.3. The summed E-state index contributed by atoms with van der Waals surface area (Å²) < 4.78 is 6.66. The predicted molar refractivity (Wildman–Crippen MR) is 121 cm³/mol. The van der Waals surface area contributed by atoms with Crippen LogP contribution in [0.25, 0.3) is 10.9 Å². The van der Waals surface area contributed by atoms with Crippen LogP contribution in [0.4, 0.5) is 4.79 Å². The number of benzene rings is 2. The van der Waals surface area contributed by atoms with Gasteiger partial charge in [-0.15, -0.1) is 0 Å². The van der Waals surface area contributed by atoms with Gasteiger partial charge in [0.25, 0.3) is 0 Å². The minimum Gasteiger partial charge on any atom is -0.444 e. The minimum absolute atomic E-state index is 0.279. The number of nitrogens with one attached hydrogen (secondary N) is 1. The van der Waals surface area contributed by atoms with Gasteiger partial charge in [-0.3, -0.25) is 4.98 Å². The van der Waals surface area contributed by atoms with Crippen LogP contribution in [0.3, 0.4) is 0 Å². The molecule has 28 heavy (non-hydrogen) atoms. The van der Waals surface area contributed by atoms with Crippen molar-refractivity contribution in [2.24, 2.45) is 0 Å². The van der Waals surface area contributed by atoms with Gasteiger partial charge in [-0.25, -0.2) is 4.79 Å². The molecule has 3 rings (SSSR count). The average Bonchev–Trinajstić information content (AvgIpc) is 2.61. The van der Waals surface area contributed by atoms with Gasteiger partial charge >= 0.3 is 6.09 Å². The minimum atomic E-state index is -0.551. The number of amides is 1. The number of alkyl carbamates (subject to hydrolysis) is 1. The van der Waals surface area contributed by atoms with Gasteiger partial charge in [-0.2, -0.15) is 0 Å². The van der Waals surface area contributed by atoms with Crippen molar-refractivity contribution in [3.63, 3.8) is 0 Å². The predicted octanol–water partition coefficient (Wildman–Crippen LogP) is 5.96. The molecule has 0 saturated carbocycles. The van der Waals surface area contributed by atoms with Crippen LogP contribution >= 0.6 is 22.6 Å². The summed E-state index contributed by atoms with van der Waals surface area (Å²) in [7, 11) is 0. The van der Waals surface area contributed by atoms with Crippen molar-refractivity contribution in [2.45, 2.75) is 45.8 Å². The highest BCUT2D eigenvalue weighted by molar-refractivity contribution is 14.1. The maximum absolute atomic E-state index is 12.5. The Balaban J connectivity index is 1.95. The number of hydrogen-bond acceptors (Lipinski definition) is 3. The second-order valence-corrected chi connectivity index (χ2v) is 9.16. The molecule has 0 spiro atoms. The molecular weight excluding hydrogens is 463 g/mol. The number of ether oxygens (including phenoxy) is 1. The maximum Gasteiger partial charge on any atom is 0.408 e. The maximum atomic E-state index is 12.5. The zero-order chi connectivity index (χ0) is 20.3. The summed E-state index contributed by atoms with van der Waals surface area (Å²) in [5.41, 5.74) is 3.48. The van der Waals surface area contributed by atoms with E-state index in [0.29, 0.717) is 6.42 Å². The Morgan fingerprint density at radius 3 is 2.50 bits per heavy atom. The molecule has 1 amide bonds. The molecule has 1 N–H and O–H groups in total. The average molecular weight is 488 g/mol. The third kappa shape index (κ3) is 5.44. The van der Waals surface area contributed by atoms with Gasteiger partial charge in [0.2, 0.25) is 0 Å². The third-order valence-corrected chi connectivity index (χ3v) is 5.06. The molecule has 0 saturated heterocycles. The Morgan fingerprint density at radius 2 is 1.82 bits per heavy atom. The monoisotopic (exact) mass is 488 g/mol. The second kappa shape index (κ2) is 8.47. The number of hydrogen-bond donors (Lipinski definition) is 1. The number of aryl methyl sites for hydroxylation is 1. The first-order valence-electron chi connectivity index (χ1n) is 9.31. The Labute approximate surface area is 179 Å². The molecule has 5 heteroatoms. The molecule has 3 aromatic rings. The fourth-order valence-corrected chi connectivity index (χ4v) is 3.45. The highest BCUT2D eigenvalue weighted by Gasteiger charge is 2.22. The van der Waals surface area contributed by atoms with Gasteiger partial charge in [0.15, 0.2) is 0 Å². The van der Waals surface area contributed by atoms with E-state index in [4.69, 9.17) is 9.72 Å². The van der Waals surface area contributed by atoms with E-state index in [9.17, 15) is 4.79 Å². The Morgan fingerprint density at radius 1 is 1.14 bits per heavy atom. The van der Waals surface area contributed by atoms with Crippen LogP contribution in [0.5, 0.6) is 0 Å². The van der Waals surface area contributed by atoms with Crippen LogP contribution in [0, 0.1) is 10.5 Å². The number of carbonyl (C=O) groups excluding carboxylic acids is 1. The van der Waals surface area contributed by atoms with Crippen LogP contribution in [0.2, 0.25) is 0 Å². The molecule has 1 heterocycles. The zero-order valence-corrected chi connectivity index (χ0v) is 18.8. The van der Waals surface area contributed by atoms with Crippen molar-refractivity contribution in [3.8, 4) is 0 Å². The van der Waals surface area contributed by atoms with Crippen molar-refractivity contribution in [2.75, 3.05) is 0 Å². The van der Waals surface area contributed by atoms with E-state index in [0.717, 1.165) is 27.7 Å². The zero-order valence-electron chi connectivity index (χ0n) is 16.6. The number of carbonyl (C=O) groups is 1. The number of halogens is 1. The first-order chi connectivity index (χ1) is 13.2. The van der Waals surface area contributed by atoms with E-state index in [1.807, 2.05) is 39.0 Å². The lowest BCUT2D eigenvalue weighted by Gasteiger charge is -2.24. The Hall–Kier alpha value is -2.15. The topological polar surface area (TPSA) is 51.2 Å². The van der Waals surface area contributed by atoms with Crippen molar-refractivity contribution in [1.29, 1.82) is 0 Å². The molecule has 4 nitrogen and oxygen atoms in total. The number of fused-ring (bicyclic) bond motifs is 1. The third-order valence-electron chi connectivity index (χ3n) is 4.34. The highest BCUT2D eigenvalue weighted by atomic mass is 127. The molecule has 0 fully saturated rings. The molecule has 1 aromatic heterocycles. The smallest absolute Gasteiger partial charge is 0.408 e.